The van der Waals surface area contributed by atoms with E-state index in [9.17, 15) is 0 Å². The van der Waals surface area contributed by atoms with Gasteiger partial charge in [-0.05, 0) is 43.6 Å². The number of unbranched alkanes of at least 4 members (excludes halogenated alkanes) is 1. The SMILES string of the molecule is CCCCC(C)NC(c1cccs1)C1CC1. The normalized spacial score (nSPS) is 19.6. The monoisotopic (exact) mass is 237 g/mol. The van der Waals surface area contributed by atoms with Gasteiger partial charge in [-0.2, -0.15) is 0 Å². The molecule has 1 fully saturated rings. The second kappa shape index (κ2) is 5.83. The van der Waals surface area contributed by atoms with E-state index in [1.165, 1.54) is 37.0 Å². The standard InChI is InChI=1S/C14H23NS/c1-3-4-6-11(2)15-14(12-8-9-12)13-7-5-10-16-13/h5,7,10-12,14-15H,3-4,6,8-9H2,1-2H3. The quantitative estimate of drug-likeness (QED) is 0.742. The molecule has 1 aliphatic rings. The molecule has 2 atom stereocenters. The summed E-state index contributed by atoms with van der Waals surface area (Å²) in [6.07, 6.45) is 6.78. The molecule has 1 aromatic heterocycles. The van der Waals surface area contributed by atoms with E-state index in [0.717, 1.165) is 5.92 Å². The fourth-order valence-corrected chi connectivity index (χ4v) is 3.13. The van der Waals surface area contributed by atoms with Crippen LogP contribution >= 0.6 is 11.3 Å². The Labute approximate surface area is 103 Å². The summed E-state index contributed by atoms with van der Waals surface area (Å²) in [5.74, 6) is 0.905. The Kier molecular flexibility index (Phi) is 4.42. The van der Waals surface area contributed by atoms with Crippen LogP contribution in [0.1, 0.15) is 56.9 Å². The molecule has 1 nitrogen and oxygen atoms in total. The predicted molar refractivity (Wildman–Crippen MR) is 71.9 cm³/mol. The molecule has 1 aromatic rings. The first kappa shape index (κ1) is 12.1. The lowest BCUT2D eigenvalue weighted by Gasteiger charge is -2.22. The third-order valence-electron chi connectivity index (χ3n) is 3.40. The molecule has 0 radical (unpaired) electrons. The minimum absolute atomic E-state index is 0.631. The van der Waals surface area contributed by atoms with Crippen LogP contribution in [0.3, 0.4) is 0 Å². The Morgan fingerprint density at radius 3 is 2.88 bits per heavy atom. The van der Waals surface area contributed by atoms with Gasteiger partial charge in [-0.3, -0.25) is 0 Å². The summed E-state index contributed by atoms with van der Waals surface area (Å²) in [7, 11) is 0. The maximum Gasteiger partial charge on any atom is 0.0445 e. The van der Waals surface area contributed by atoms with E-state index in [-0.39, 0.29) is 0 Å². The van der Waals surface area contributed by atoms with Crippen molar-refractivity contribution < 1.29 is 0 Å². The molecule has 0 spiro atoms. The zero-order chi connectivity index (χ0) is 11.4. The summed E-state index contributed by atoms with van der Waals surface area (Å²) in [6, 6.07) is 5.75. The fourth-order valence-electron chi connectivity index (χ4n) is 2.25. The largest absolute Gasteiger partial charge is 0.306 e. The Bertz CT molecular complexity index is 290. The molecule has 0 bridgehead atoms. The van der Waals surface area contributed by atoms with Gasteiger partial charge in [0.15, 0.2) is 0 Å². The molecule has 1 saturated carbocycles. The Morgan fingerprint density at radius 2 is 2.31 bits per heavy atom. The van der Waals surface area contributed by atoms with Crippen LogP contribution < -0.4 is 5.32 Å². The molecular weight excluding hydrogens is 214 g/mol. The second-order valence-electron chi connectivity index (χ2n) is 5.04. The van der Waals surface area contributed by atoms with Gasteiger partial charge < -0.3 is 5.32 Å². The second-order valence-corrected chi connectivity index (χ2v) is 6.02. The zero-order valence-corrected chi connectivity index (χ0v) is 11.2. The first-order chi connectivity index (χ1) is 7.81. The summed E-state index contributed by atoms with van der Waals surface area (Å²) in [4.78, 5) is 1.53. The summed E-state index contributed by atoms with van der Waals surface area (Å²) >= 11 is 1.90. The van der Waals surface area contributed by atoms with Gasteiger partial charge in [0.05, 0.1) is 0 Å². The van der Waals surface area contributed by atoms with Crippen molar-refractivity contribution in [3.63, 3.8) is 0 Å². The summed E-state index contributed by atoms with van der Waals surface area (Å²) in [5.41, 5.74) is 0. The summed E-state index contributed by atoms with van der Waals surface area (Å²) in [5, 5.41) is 6.02. The van der Waals surface area contributed by atoms with E-state index in [0.29, 0.717) is 12.1 Å². The molecule has 0 amide bonds. The number of nitrogens with one attached hydrogen (secondary N) is 1. The van der Waals surface area contributed by atoms with Crippen LogP contribution in [0.5, 0.6) is 0 Å². The molecule has 2 rings (SSSR count). The number of hydrogen-bond acceptors (Lipinski definition) is 2. The van der Waals surface area contributed by atoms with Gasteiger partial charge in [0.25, 0.3) is 0 Å². The van der Waals surface area contributed by atoms with Gasteiger partial charge in [0.2, 0.25) is 0 Å². The highest BCUT2D eigenvalue weighted by Gasteiger charge is 2.33. The van der Waals surface area contributed by atoms with Crippen molar-refractivity contribution in [2.75, 3.05) is 0 Å². The lowest BCUT2D eigenvalue weighted by Crippen LogP contribution is -2.31. The maximum absolute atomic E-state index is 3.83. The van der Waals surface area contributed by atoms with Gasteiger partial charge in [0, 0.05) is 17.0 Å². The van der Waals surface area contributed by atoms with Crippen molar-refractivity contribution in [1.29, 1.82) is 0 Å². The molecule has 16 heavy (non-hydrogen) atoms. The van der Waals surface area contributed by atoms with Crippen molar-refractivity contribution in [2.24, 2.45) is 5.92 Å². The average molecular weight is 237 g/mol. The van der Waals surface area contributed by atoms with Gasteiger partial charge in [-0.15, -0.1) is 11.3 Å². The van der Waals surface area contributed by atoms with Crippen LogP contribution in [0.25, 0.3) is 0 Å². The Balaban J connectivity index is 1.88. The van der Waals surface area contributed by atoms with E-state index in [2.05, 4.69) is 36.7 Å². The summed E-state index contributed by atoms with van der Waals surface area (Å²) in [6.45, 7) is 4.60. The molecule has 0 aromatic carbocycles. The molecular formula is C14H23NS. The lowest BCUT2D eigenvalue weighted by atomic mass is 10.1. The molecule has 1 aliphatic carbocycles. The minimum Gasteiger partial charge on any atom is -0.306 e. The van der Waals surface area contributed by atoms with E-state index < -0.39 is 0 Å². The van der Waals surface area contributed by atoms with Crippen LogP contribution in [-0.2, 0) is 0 Å². The van der Waals surface area contributed by atoms with Crippen LogP contribution in [0.2, 0.25) is 0 Å². The van der Waals surface area contributed by atoms with E-state index in [4.69, 9.17) is 0 Å². The third-order valence-corrected chi connectivity index (χ3v) is 4.35. The van der Waals surface area contributed by atoms with E-state index >= 15 is 0 Å². The van der Waals surface area contributed by atoms with Crippen LogP contribution in [0.15, 0.2) is 17.5 Å². The maximum atomic E-state index is 3.83. The van der Waals surface area contributed by atoms with E-state index in [1.54, 1.807) is 0 Å². The first-order valence-corrected chi connectivity index (χ1v) is 7.48. The summed E-state index contributed by atoms with van der Waals surface area (Å²) < 4.78 is 0. The number of rotatable bonds is 7. The number of thiophene rings is 1. The molecule has 0 saturated heterocycles. The molecule has 2 unspecified atom stereocenters. The molecule has 0 aliphatic heterocycles. The predicted octanol–water partition coefficient (Wildman–Crippen LogP) is 4.37. The zero-order valence-electron chi connectivity index (χ0n) is 10.4. The first-order valence-electron chi connectivity index (χ1n) is 6.60. The topological polar surface area (TPSA) is 12.0 Å². The van der Waals surface area contributed by atoms with Crippen molar-refractivity contribution in [3.05, 3.63) is 22.4 Å². The van der Waals surface area contributed by atoms with Gasteiger partial charge in [0.1, 0.15) is 0 Å². The van der Waals surface area contributed by atoms with Gasteiger partial charge in [-0.25, -0.2) is 0 Å². The molecule has 1 N–H and O–H groups in total. The van der Waals surface area contributed by atoms with Gasteiger partial charge >= 0.3 is 0 Å². The van der Waals surface area contributed by atoms with Crippen molar-refractivity contribution in [1.82, 2.24) is 5.32 Å². The lowest BCUT2D eigenvalue weighted by molar-refractivity contribution is 0.401. The Hall–Kier alpha value is -0.340. The smallest absolute Gasteiger partial charge is 0.0445 e. The highest BCUT2D eigenvalue weighted by Crippen LogP contribution is 2.42. The average Bonchev–Trinajstić information content (AvgIpc) is 2.98. The van der Waals surface area contributed by atoms with Gasteiger partial charge in [-0.1, -0.05) is 25.8 Å². The molecule has 90 valence electrons. The van der Waals surface area contributed by atoms with Crippen LogP contribution in [-0.4, -0.2) is 6.04 Å². The van der Waals surface area contributed by atoms with Crippen molar-refractivity contribution in [2.45, 2.75) is 58.0 Å². The molecule has 1 heterocycles. The van der Waals surface area contributed by atoms with Crippen LogP contribution in [0.4, 0.5) is 0 Å². The highest BCUT2D eigenvalue weighted by molar-refractivity contribution is 7.10. The fraction of sp³-hybridized carbons (Fsp3) is 0.714. The Morgan fingerprint density at radius 1 is 1.50 bits per heavy atom. The minimum atomic E-state index is 0.631. The van der Waals surface area contributed by atoms with Crippen molar-refractivity contribution >= 4 is 11.3 Å². The molecule has 2 heteroatoms. The van der Waals surface area contributed by atoms with Crippen molar-refractivity contribution in [3.8, 4) is 0 Å². The number of hydrogen-bond donors (Lipinski definition) is 1. The highest BCUT2D eigenvalue weighted by atomic mass is 32.1. The van der Waals surface area contributed by atoms with E-state index in [1.807, 2.05) is 11.3 Å². The third kappa shape index (κ3) is 3.33. The van der Waals surface area contributed by atoms with Crippen LogP contribution in [0, 0.1) is 5.92 Å².